The molecule has 0 radical (unpaired) electrons. The molecule has 10 heavy (non-hydrogen) atoms. The molecule has 0 fully saturated rings. The molecule has 54 valence electrons. The maximum absolute atomic E-state index is 12.5. The minimum absolute atomic E-state index is 0.0347. The number of aromatic amines is 1. The number of halogens is 1. The van der Waals surface area contributed by atoms with Crippen LogP contribution in [0, 0.1) is 10.6 Å². The first-order chi connectivity index (χ1) is 4.74. The van der Waals surface area contributed by atoms with Crippen LogP contribution >= 0.6 is 12.2 Å². The van der Waals surface area contributed by atoms with Crippen molar-refractivity contribution in [3.63, 3.8) is 0 Å². The molecule has 0 atom stereocenters. The standard InChI is InChI=1S/C5H5FN2OS/c1-9-5-4(6)7-2-3(10)8-5/h2H,1H3,(H,8,10). The highest BCUT2D eigenvalue weighted by Crippen LogP contribution is 2.07. The molecule has 0 spiro atoms. The molecule has 0 unspecified atom stereocenters. The number of aromatic nitrogens is 2. The minimum atomic E-state index is -0.684. The zero-order valence-electron chi connectivity index (χ0n) is 5.22. The van der Waals surface area contributed by atoms with Gasteiger partial charge in [-0.3, -0.25) is 0 Å². The van der Waals surface area contributed by atoms with Crippen LogP contribution in [0.25, 0.3) is 0 Å². The van der Waals surface area contributed by atoms with Gasteiger partial charge < -0.3 is 9.72 Å². The van der Waals surface area contributed by atoms with E-state index in [1.807, 2.05) is 0 Å². The van der Waals surface area contributed by atoms with Crippen molar-refractivity contribution in [3.8, 4) is 5.88 Å². The Bertz CT molecular complexity index is 285. The van der Waals surface area contributed by atoms with E-state index in [2.05, 4.69) is 26.9 Å². The maximum Gasteiger partial charge on any atom is 0.273 e. The first kappa shape index (κ1) is 7.14. The summed E-state index contributed by atoms with van der Waals surface area (Å²) in [4.78, 5) is 5.80. The molecule has 0 saturated carbocycles. The Labute approximate surface area is 61.9 Å². The van der Waals surface area contributed by atoms with Crippen LogP contribution in [-0.2, 0) is 0 Å². The molecule has 1 N–H and O–H groups in total. The van der Waals surface area contributed by atoms with E-state index in [-0.39, 0.29) is 5.88 Å². The van der Waals surface area contributed by atoms with Gasteiger partial charge in [-0.25, -0.2) is 4.98 Å². The van der Waals surface area contributed by atoms with E-state index in [0.29, 0.717) is 4.64 Å². The average molecular weight is 160 g/mol. The van der Waals surface area contributed by atoms with Crippen molar-refractivity contribution in [3.05, 3.63) is 16.8 Å². The van der Waals surface area contributed by atoms with Crippen molar-refractivity contribution in [1.29, 1.82) is 0 Å². The van der Waals surface area contributed by atoms with Crippen molar-refractivity contribution in [2.45, 2.75) is 0 Å². The van der Waals surface area contributed by atoms with Gasteiger partial charge in [-0.05, 0) is 0 Å². The van der Waals surface area contributed by atoms with E-state index < -0.39 is 5.95 Å². The van der Waals surface area contributed by atoms with Crippen molar-refractivity contribution < 1.29 is 9.13 Å². The zero-order valence-corrected chi connectivity index (χ0v) is 6.04. The quantitative estimate of drug-likeness (QED) is 0.629. The normalized spacial score (nSPS) is 9.40. The molecule has 1 rings (SSSR count). The third-order valence-corrected chi connectivity index (χ3v) is 1.13. The summed E-state index contributed by atoms with van der Waals surface area (Å²) in [6.07, 6.45) is 1.22. The van der Waals surface area contributed by atoms with Gasteiger partial charge in [0, 0.05) is 0 Å². The second kappa shape index (κ2) is 2.74. The fourth-order valence-electron chi connectivity index (χ4n) is 0.505. The summed E-state index contributed by atoms with van der Waals surface area (Å²) in [6.45, 7) is 0. The van der Waals surface area contributed by atoms with E-state index in [1.54, 1.807) is 0 Å². The Kier molecular flexibility index (Phi) is 1.96. The Morgan fingerprint density at radius 1 is 1.80 bits per heavy atom. The van der Waals surface area contributed by atoms with Gasteiger partial charge in [0.2, 0.25) is 5.88 Å². The third kappa shape index (κ3) is 1.30. The Morgan fingerprint density at radius 3 is 3.00 bits per heavy atom. The first-order valence-electron chi connectivity index (χ1n) is 2.53. The monoisotopic (exact) mass is 160 g/mol. The Hall–Kier alpha value is -0.970. The smallest absolute Gasteiger partial charge is 0.273 e. The van der Waals surface area contributed by atoms with Crippen LogP contribution in [0.2, 0.25) is 0 Å². The number of methoxy groups -OCH3 is 1. The predicted molar refractivity (Wildman–Crippen MR) is 35.9 cm³/mol. The highest BCUT2D eigenvalue weighted by Gasteiger charge is 2.00. The minimum Gasteiger partial charge on any atom is -0.479 e. The topological polar surface area (TPSA) is 37.9 Å². The lowest BCUT2D eigenvalue weighted by Crippen LogP contribution is -1.94. The molecule has 0 aliphatic carbocycles. The number of hydrogen-bond acceptors (Lipinski definition) is 3. The largest absolute Gasteiger partial charge is 0.479 e. The fourth-order valence-corrected chi connectivity index (χ4v) is 0.650. The highest BCUT2D eigenvalue weighted by molar-refractivity contribution is 7.71. The van der Waals surface area contributed by atoms with E-state index in [9.17, 15) is 4.39 Å². The molecule has 0 saturated heterocycles. The summed E-state index contributed by atoms with van der Waals surface area (Å²) < 4.78 is 17.4. The summed E-state index contributed by atoms with van der Waals surface area (Å²) in [5.41, 5.74) is 0. The molecule has 0 aliphatic heterocycles. The molecule has 0 amide bonds. The lowest BCUT2D eigenvalue weighted by atomic mass is 10.7. The summed E-state index contributed by atoms with van der Waals surface area (Å²) in [5, 5.41) is 0. The number of nitrogens with one attached hydrogen (secondary N) is 1. The van der Waals surface area contributed by atoms with Gasteiger partial charge in [0.25, 0.3) is 5.95 Å². The van der Waals surface area contributed by atoms with Gasteiger partial charge in [0.1, 0.15) is 4.64 Å². The van der Waals surface area contributed by atoms with Crippen LogP contribution in [0.1, 0.15) is 0 Å². The van der Waals surface area contributed by atoms with Crippen LogP contribution in [0.4, 0.5) is 4.39 Å². The average Bonchev–Trinajstić information content (AvgIpc) is 1.94. The summed E-state index contributed by atoms with van der Waals surface area (Å²) in [7, 11) is 1.34. The van der Waals surface area contributed by atoms with E-state index in [1.165, 1.54) is 13.3 Å². The summed E-state index contributed by atoms with van der Waals surface area (Å²) in [6, 6.07) is 0. The maximum atomic E-state index is 12.5. The van der Waals surface area contributed by atoms with Crippen LogP contribution < -0.4 is 4.74 Å². The van der Waals surface area contributed by atoms with Gasteiger partial charge in [-0.15, -0.1) is 0 Å². The second-order valence-corrected chi connectivity index (χ2v) is 2.01. The van der Waals surface area contributed by atoms with Crippen LogP contribution in [0.3, 0.4) is 0 Å². The molecule has 0 aliphatic rings. The number of ether oxygens (including phenoxy) is 1. The lowest BCUT2D eigenvalue weighted by Gasteiger charge is -1.97. The van der Waals surface area contributed by atoms with E-state index in [0.717, 1.165) is 0 Å². The molecule has 5 heteroatoms. The van der Waals surface area contributed by atoms with E-state index in [4.69, 9.17) is 0 Å². The van der Waals surface area contributed by atoms with Gasteiger partial charge in [0.15, 0.2) is 0 Å². The first-order valence-corrected chi connectivity index (χ1v) is 2.93. The second-order valence-electron chi connectivity index (χ2n) is 1.57. The van der Waals surface area contributed by atoms with Crippen LogP contribution in [0.15, 0.2) is 6.20 Å². The highest BCUT2D eigenvalue weighted by atomic mass is 32.1. The molecule has 1 aromatic heterocycles. The van der Waals surface area contributed by atoms with Crippen LogP contribution in [-0.4, -0.2) is 17.1 Å². The third-order valence-electron chi connectivity index (χ3n) is 0.923. The van der Waals surface area contributed by atoms with E-state index >= 15 is 0 Å². The fraction of sp³-hybridized carbons (Fsp3) is 0.200. The number of hydrogen-bond donors (Lipinski definition) is 1. The van der Waals surface area contributed by atoms with Crippen molar-refractivity contribution in [2.75, 3.05) is 7.11 Å². The predicted octanol–water partition coefficient (Wildman–Crippen LogP) is 1.29. The summed E-state index contributed by atoms with van der Waals surface area (Å²) in [5.74, 6) is -0.719. The molecular weight excluding hydrogens is 155 g/mol. The van der Waals surface area contributed by atoms with Crippen molar-refractivity contribution >= 4 is 12.2 Å². The van der Waals surface area contributed by atoms with Crippen molar-refractivity contribution in [1.82, 2.24) is 9.97 Å². The zero-order chi connectivity index (χ0) is 7.56. The molecule has 0 bridgehead atoms. The molecular formula is C5H5FN2OS. The Balaban J connectivity index is 3.22. The van der Waals surface area contributed by atoms with Crippen LogP contribution in [0.5, 0.6) is 5.88 Å². The van der Waals surface area contributed by atoms with Gasteiger partial charge >= 0.3 is 0 Å². The SMILES string of the molecule is COc1[nH]c(=S)cnc1F. The van der Waals surface area contributed by atoms with Gasteiger partial charge in [0.05, 0.1) is 13.3 Å². The summed E-state index contributed by atoms with van der Waals surface area (Å²) >= 11 is 4.66. The molecule has 1 heterocycles. The number of rotatable bonds is 1. The van der Waals surface area contributed by atoms with Gasteiger partial charge in [-0.1, -0.05) is 12.2 Å². The lowest BCUT2D eigenvalue weighted by molar-refractivity contribution is 0.359. The molecule has 1 aromatic rings. The van der Waals surface area contributed by atoms with Gasteiger partial charge in [-0.2, -0.15) is 4.39 Å². The van der Waals surface area contributed by atoms with Crippen molar-refractivity contribution in [2.24, 2.45) is 0 Å². The Morgan fingerprint density at radius 2 is 2.50 bits per heavy atom. The number of H-pyrrole nitrogens is 1. The molecule has 0 aromatic carbocycles. The number of nitrogens with zero attached hydrogens (tertiary/aromatic N) is 1. The molecule has 3 nitrogen and oxygen atoms in total.